The minimum absolute atomic E-state index is 0.0101. The summed E-state index contributed by atoms with van der Waals surface area (Å²) in [6.45, 7) is -0.898. The van der Waals surface area contributed by atoms with Crippen LogP contribution in [0.5, 0.6) is 0 Å². The smallest absolute Gasteiger partial charge is 0.249 e. The Balaban J connectivity index is 1.85. The van der Waals surface area contributed by atoms with Gasteiger partial charge < -0.3 is 88.1 Å². The second kappa shape index (κ2) is 14.3. The highest BCUT2D eigenvalue weighted by Crippen LogP contribution is 2.32. The molecule has 18 nitrogen and oxygen atoms in total. The van der Waals surface area contributed by atoms with Gasteiger partial charge >= 0.3 is 0 Å². The fourth-order valence-electron chi connectivity index (χ4n) is 5.07. The minimum Gasteiger partial charge on any atom is -0.394 e. The van der Waals surface area contributed by atoms with E-state index >= 15 is 0 Å². The molecule has 0 aromatic carbocycles. The zero-order chi connectivity index (χ0) is 29.9. The molecule has 17 N–H and O–H groups in total. The minimum atomic E-state index is -1.76. The van der Waals surface area contributed by atoms with Crippen LogP contribution in [-0.2, 0) is 23.7 Å². The third-order valence-electron chi connectivity index (χ3n) is 7.51. The van der Waals surface area contributed by atoms with E-state index in [1.165, 1.54) is 0 Å². The van der Waals surface area contributed by atoms with Gasteiger partial charge in [-0.15, -0.1) is 0 Å². The Morgan fingerprint density at radius 2 is 1.45 bits per heavy atom. The van der Waals surface area contributed by atoms with Gasteiger partial charge in [-0.1, -0.05) is 0 Å². The van der Waals surface area contributed by atoms with E-state index < -0.39 is 110 Å². The average Bonchev–Trinajstić information content (AvgIpc) is 2.92. The van der Waals surface area contributed by atoms with Crippen LogP contribution in [0.15, 0.2) is 0 Å². The molecular weight excluding hydrogens is 542 g/mol. The molecule has 16 atom stereocenters. The van der Waals surface area contributed by atoms with Gasteiger partial charge in [-0.05, 0) is 19.4 Å². The number of hydrogen-bond acceptors (Lipinski definition) is 17. The SMILES string of the molecule is NCC[C@H](O)C(=O)N[C@@H]1C[C@H](N)[C@H](O[C@H]2O[C@@H](CN)[C@@H](O)[C@H](O)[C@@H]2O)[C@H](O)[C@H]1O[C@H]1O[C@@H](CO)[C@@H](O)[C@H](N)[C@@H]1O. The zero-order valence-corrected chi connectivity index (χ0v) is 21.7. The van der Waals surface area contributed by atoms with Gasteiger partial charge in [-0.2, -0.15) is 0 Å². The molecule has 234 valence electrons. The number of nitrogens with one attached hydrogen (secondary N) is 1. The number of carbonyl (C=O) groups is 1. The second-order valence-electron chi connectivity index (χ2n) is 10.3. The lowest BCUT2D eigenvalue weighted by Crippen LogP contribution is -2.69. The molecule has 3 fully saturated rings. The van der Waals surface area contributed by atoms with Crippen molar-refractivity contribution in [3.05, 3.63) is 0 Å². The van der Waals surface area contributed by atoms with Crippen molar-refractivity contribution in [1.29, 1.82) is 0 Å². The third kappa shape index (κ3) is 7.06. The van der Waals surface area contributed by atoms with Gasteiger partial charge in [0.2, 0.25) is 5.91 Å². The highest BCUT2D eigenvalue weighted by atomic mass is 16.7. The summed E-state index contributed by atoms with van der Waals surface area (Å²) < 4.78 is 22.5. The van der Waals surface area contributed by atoms with Crippen LogP contribution in [0, 0.1) is 0 Å². The predicted molar refractivity (Wildman–Crippen MR) is 131 cm³/mol. The predicted octanol–water partition coefficient (Wildman–Crippen LogP) is -8.42. The number of rotatable bonds is 10. The van der Waals surface area contributed by atoms with Crippen LogP contribution in [0.3, 0.4) is 0 Å². The number of hydrogen-bond donors (Lipinski definition) is 13. The lowest BCUT2D eigenvalue weighted by molar-refractivity contribution is -0.332. The van der Waals surface area contributed by atoms with Crippen LogP contribution >= 0.6 is 0 Å². The maximum Gasteiger partial charge on any atom is 0.249 e. The molecule has 0 spiro atoms. The first-order valence-corrected chi connectivity index (χ1v) is 13.1. The number of carbonyl (C=O) groups excluding carboxylic acids is 1. The summed E-state index contributed by atoms with van der Waals surface area (Å²) in [4.78, 5) is 12.6. The summed E-state index contributed by atoms with van der Waals surface area (Å²) in [6, 6.07) is -3.45. The molecule has 18 heteroatoms. The summed E-state index contributed by atoms with van der Waals surface area (Å²) in [5.74, 6) is -0.845. The van der Waals surface area contributed by atoms with E-state index in [-0.39, 0.29) is 25.9 Å². The first kappa shape index (κ1) is 33.3. The first-order chi connectivity index (χ1) is 18.9. The standard InChI is InChI=1S/C22H43N5O13/c23-2-1-8(29)20(36)27-7-3-6(25)18(39-22-16(34)15(33)13(31)9(4-24)37-22)17(35)19(7)40-21-14(32)11(26)12(30)10(5-28)38-21/h6-19,21-22,28-35H,1-5,23-26H2,(H,27,36)/t6-,7+,8-,9-,10-,11-,12+,13+,14-,15-,16-,17-,18-,19-,21+,22+/m0/s1. The van der Waals surface area contributed by atoms with Crippen molar-refractivity contribution in [3.8, 4) is 0 Å². The molecule has 3 aliphatic rings. The maximum absolute atomic E-state index is 12.6. The van der Waals surface area contributed by atoms with Crippen molar-refractivity contribution >= 4 is 5.91 Å². The van der Waals surface area contributed by atoms with E-state index in [1.54, 1.807) is 0 Å². The van der Waals surface area contributed by atoms with Crippen molar-refractivity contribution in [2.24, 2.45) is 22.9 Å². The molecule has 1 aliphatic carbocycles. The monoisotopic (exact) mass is 585 g/mol. The van der Waals surface area contributed by atoms with Crippen LogP contribution in [0.25, 0.3) is 0 Å². The summed E-state index contributed by atoms with van der Waals surface area (Å²) in [5.41, 5.74) is 23.1. The highest BCUT2D eigenvalue weighted by Gasteiger charge is 2.52. The largest absolute Gasteiger partial charge is 0.394 e. The molecule has 0 aromatic rings. The molecule has 0 radical (unpaired) electrons. The molecule has 1 amide bonds. The van der Waals surface area contributed by atoms with Crippen molar-refractivity contribution in [2.45, 2.75) is 111 Å². The molecule has 0 bridgehead atoms. The molecule has 2 saturated heterocycles. The normalized spacial score (nSPS) is 47.0. The lowest BCUT2D eigenvalue weighted by atomic mass is 9.83. The van der Waals surface area contributed by atoms with E-state index in [1.807, 2.05) is 0 Å². The Labute approximate surface area is 229 Å². The van der Waals surface area contributed by atoms with Gasteiger partial charge in [0, 0.05) is 12.6 Å². The number of aliphatic hydroxyl groups excluding tert-OH is 8. The lowest BCUT2D eigenvalue weighted by Gasteiger charge is -2.49. The zero-order valence-electron chi connectivity index (χ0n) is 21.7. The van der Waals surface area contributed by atoms with Gasteiger partial charge in [0.15, 0.2) is 12.6 Å². The van der Waals surface area contributed by atoms with Crippen molar-refractivity contribution < 1.29 is 64.6 Å². The number of aliphatic hydroxyl groups is 8. The topological polar surface area (TPSA) is 332 Å². The van der Waals surface area contributed by atoms with E-state index in [2.05, 4.69) is 5.32 Å². The molecule has 40 heavy (non-hydrogen) atoms. The van der Waals surface area contributed by atoms with Crippen LogP contribution in [0.2, 0.25) is 0 Å². The van der Waals surface area contributed by atoms with E-state index in [0.29, 0.717) is 0 Å². The molecule has 2 aliphatic heterocycles. The highest BCUT2D eigenvalue weighted by molar-refractivity contribution is 5.80. The van der Waals surface area contributed by atoms with Gasteiger partial charge in [-0.25, -0.2) is 0 Å². The molecule has 2 heterocycles. The molecule has 0 unspecified atom stereocenters. The molecular formula is C22H43N5O13. The fourth-order valence-corrected chi connectivity index (χ4v) is 5.07. The number of amides is 1. The summed E-state index contributed by atoms with van der Waals surface area (Å²) >= 11 is 0. The van der Waals surface area contributed by atoms with Crippen molar-refractivity contribution in [1.82, 2.24) is 5.32 Å². The van der Waals surface area contributed by atoms with Crippen molar-refractivity contribution in [2.75, 3.05) is 19.7 Å². The third-order valence-corrected chi connectivity index (χ3v) is 7.51. The van der Waals surface area contributed by atoms with Crippen molar-refractivity contribution in [3.63, 3.8) is 0 Å². The summed E-state index contributed by atoms with van der Waals surface area (Å²) in [6.07, 6.45) is -19.8. The second-order valence-corrected chi connectivity index (χ2v) is 10.3. The van der Waals surface area contributed by atoms with E-state index in [9.17, 15) is 45.6 Å². The summed E-state index contributed by atoms with van der Waals surface area (Å²) in [5, 5.41) is 84.9. The van der Waals surface area contributed by atoms with Crippen LogP contribution in [0.1, 0.15) is 12.8 Å². The molecule has 3 rings (SSSR count). The van der Waals surface area contributed by atoms with Crippen LogP contribution < -0.4 is 28.3 Å². The molecule has 1 saturated carbocycles. The molecule has 0 aromatic heterocycles. The first-order valence-electron chi connectivity index (χ1n) is 13.1. The van der Waals surface area contributed by atoms with Crippen LogP contribution in [-0.4, -0.2) is 164 Å². The Bertz CT molecular complexity index is 815. The van der Waals surface area contributed by atoms with Gasteiger partial charge in [-0.3, -0.25) is 4.79 Å². The van der Waals surface area contributed by atoms with Gasteiger partial charge in [0.25, 0.3) is 0 Å². The van der Waals surface area contributed by atoms with Crippen LogP contribution in [0.4, 0.5) is 0 Å². The average molecular weight is 586 g/mol. The Hall–Kier alpha value is -1.17. The quantitative estimate of drug-likeness (QED) is 0.113. The number of ether oxygens (including phenoxy) is 4. The Kier molecular flexibility index (Phi) is 11.9. The fraction of sp³-hybridized carbons (Fsp3) is 0.955. The van der Waals surface area contributed by atoms with Gasteiger partial charge in [0.1, 0.15) is 67.1 Å². The number of nitrogens with two attached hydrogens (primary N) is 4. The Morgan fingerprint density at radius 1 is 0.850 bits per heavy atom. The maximum atomic E-state index is 12.6. The van der Waals surface area contributed by atoms with E-state index in [0.717, 1.165) is 0 Å². The Morgan fingerprint density at radius 3 is 2.05 bits per heavy atom. The summed E-state index contributed by atoms with van der Waals surface area (Å²) in [7, 11) is 0. The van der Waals surface area contributed by atoms with E-state index in [4.69, 9.17) is 41.9 Å². The van der Waals surface area contributed by atoms with Gasteiger partial charge in [0.05, 0.1) is 18.7 Å².